The first-order chi connectivity index (χ1) is 16.5. The molecule has 0 aliphatic heterocycles. The number of aromatic nitrogens is 3. The Labute approximate surface area is 199 Å². The highest BCUT2D eigenvalue weighted by atomic mass is 16.5. The Morgan fingerprint density at radius 1 is 1.00 bits per heavy atom. The standard InChI is InChI=1S/C28H28N4O2/c1-20(2)19-34-28-30-27(23-12-9-21(3)10-13-23)32(31-28)25-16-14-24(15-17-25)29-26(33)18-11-22-7-5-4-6-8-22/h4-18,20H,19H2,1-3H3,(H,29,33). The van der Waals surface area contributed by atoms with Crippen molar-refractivity contribution in [3.8, 4) is 23.1 Å². The van der Waals surface area contributed by atoms with Crippen molar-refractivity contribution in [2.75, 3.05) is 11.9 Å². The number of benzene rings is 3. The monoisotopic (exact) mass is 452 g/mol. The van der Waals surface area contributed by atoms with Crippen molar-refractivity contribution in [2.24, 2.45) is 5.92 Å². The van der Waals surface area contributed by atoms with Gasteiger partial charge in [0, 0.05) is 17.3 Å². The third-order valence-electron chi connectivity index (χ3n) is 5.05. The van der Waals surface area contributed by atoms with Gasteiger partial charge in [-0.2, -0.15) is 4.98 Å². The Bertz CT molecular complexity index is 1260. The molecule has 0 unspecified atom stereocenters. The first kappa shape index (κ1) is 23.0. The molecular weight excluding hydrogens is 424 g/mol. The fourth-order valence-electron chi connectivity index (χ4n) is 3.27. The van der Waals surface area contributed by atoms with Gasteiger partial charge in [-0.3, -0.25) is 4.79 Å². The molecular formula is C28H28N4O2. The lowest BCUT2D eigenvalue weighted by molar-refractivity contribution is -0.111. The minimum absolute atomic E-state index is 0.193. The molecule has 0 bridgehead atoms. The molecule has 0 spiro atoms. The second-order valence-electron chi connectivity index (χ2n) is 8.48. The maximum atomic E-state index is 12.3. The highest BCUT2D eigenvalue weighted by Gasteiger charge is 2.15. The maximum absolute atomic E-state index is 12.3. The van der Waals surface area contributed by atoms with Gasteiger partial charge in [-0.1, -0.05) is 74.0 Å². The second kappa shape index (κ2) is 10.6. The van der Waals surface area contributed by atoms with E-state index in [1.54, 1.807) is 10.8 Å². The van der Waals surface area contributed by atoms with E-state index in [0.717, 1.165) is 16.8 Å². The molecule has 1 aromatic heterocycles. The van der Waals surface area contributed by atoms with E-state index in [1.807, 2.05) is 85.8 Å². The quantitative estimate of drug-likeness (QED) is 0.337. The van der Waals surface area contributed by atoms with Crippen LogP contribution in [0.1, 0.15) is 25.0 Å². The number of hydrogen-bond acceptors (Lipinski definition) is 4. The summed E-state index contributed by atoms with van der Waals surface area (Å²) in [5.74, 6) is 0.872. The van der Waals surface area contributed by atoms with Crippen LogP contribution < -0.4 is 10.1 Å². The van der Waals surface area contributed by atoms with E-state index in [-0.39, 0.29) is 5.91 Å². The number of anilines is 1. The maximum Gasteiger partial charge on any atom is 0.336 e. The van der Waals surface area contributed by atoms with Crippen molar-refractivity contribution in [2.45, 2.75) is 20.8 Å². The van der Waals surface area contributed by atoms with Crippen LogP contribution in [-0.2, 0) is 4.79 Å². The van der Waals surface area contributed by atoms with Crippen molar-refractivity contribution in [3.05, 3.63) is 96.1 Å². The van der Waals surface area contributed by atoms with E-state index in [4.69, 9.17) is 4.74 Å². The zero-order chi connectivity index (χ0) is 23.9. The van der Waals surface area contributed by atoms with E-state index in [2.05, 4.69) is 29.2 Å². The number of ether oxygens (including phenoxy) is 1. The van der Waals surface area contributed by atoms with E-state index in [9.17, 15) is 4.79 Å². The fraction of sp³-hybridized carbons (Fsp3) is 0.179. The van der Waals surface area contributed by atoms with Crippen LogP contribution in [0.3, 0.4) is 0 Å². The summed E-state index contributed by atoms with van der Waals surface area (Å²) in [5.41, 5.74) is 4.60. The molecule has 0 radical (unpaired) electrons. The van der Waals surface area contributed by atoms with Crippen molar-refractivity contribution in [1.29, 1.82) is 0 Å². The van der Waals surface area contributed by atoms with Gasteiger partial charge >= 0.3 is 6.01 Å². The topological polar surface area (TPSA) is 69.0 Å². The molecule has 172 valence electrons. The van der Waals surface area contributed by atoms with E-state index < -0.39 is 0 Å². The lowest BCUT2D eigenvalue weighted by Gasteiger charge is -2.08. The number of hydrogen-bond donors (Lipinski definition) is 1. The first-order valence-corrected chi connectivity index (χ1v) is 11.3. The zero-order valence-corrected chi connectivity index (χ0v) is 19.6. The van der Waals surface area contributed by atoms with Crippen LogP contribution in [0.25, 0.3) is 23.2 Å². The minimum Gasteiger partial charge on any atom is -0.462 e. The van der Waals surface area contributed by atoms with Gasteiger partial charge in [0.2, 0.25) is 5.91 Å². The lowest BCUT2D eigenvalue weighted by atomic mass is 10.1. The van der Waals surface area contributed by atoms with Gasteiger partial charge in [0.15, 0.2) is 5.82 Å². The normalized spacial score (nSPS) is 11.2. The third-order valence-corrected chi connectivity index (χ3v) is 5.05. The Morgan fingerprint density at radius 3 is 2.38 bits per heavy atom. The summed E-state index contributed by atoms with van der Waals surface area (Å²) in [7, 11) is 0. The second-order valence-corrected chi connectivity index (χ2v) is 8.48. The molecule has 6 heteroatoms. The molecule has 0 saturated heterocycles. The zero-order valence-electron chi connectivity index (χ0n) is 19.6. The predicted octanol–water partition coefficient (Wildman–Crippen LogP) is 5.93. The van der Waals surface area contributed by atoms with Crippen LogP contribution in [0.5, 0.6) is 6.01 Å². The van der Waals surface area contributed by atoms with E-state index in [1.165, 1.54) is 11.6 Å². The molecule has 4 rings (SSSR count). The summed E-state index contributed by atoms with van der Waals surface area (Å²) in [6.45, 7) is 6.76. The third kappa shape index (κ3) is 5.98. The van der Waals surface area contributed by atoms with Gasteiger partial charge < -0.3 is 10.1 Å². The van der Waals surface area contributed by atoms with Crippen molar-refractivity contribution in [1.82, 2.24) is 14.8 Å². The predicted molar refractivity (Wildman–Crippen MR) is 136 cm³/mol. The molecule has 1 N–H and O–H groups in total. The number of aryl methyl sites for hydroxylation is 1. The lowest BCUT2D eigenvalue weighted by Crippen LogP contribution is -2.08. The number of carbonyl (C=O) groups is 1. The Kier molecular flexibility index (Phi) is 7.18. The molecule has 0 aliphatic carbocycles. The van der Waals surface area contributed by atoms with Crippen molar-refractivity contribution in [3.63, 3.8) is 0 Å². The fourth-order valence-corrected chi connectivity index (χ4v) is 3.27. The molecule has 0 saturated carbocycles. The van der Waals surface area contributed by atoms with Crippen molar-refractivity contribution < 1.29 is 9.53 Å². The van der Waals surface area contributed by atoms with Crippen LogP contribution in [0.2, 0.25) is 0 Å². The van der Waals surface area contributed by atoms with E-state index in [0.29, 0.717) is 30.0 Å². The van der Waals surface area contributed by atoms with Crippen LogP contribution in [-0.4, -0.2) is 27.3 Å². The van der Waals surface area contributed by atoms with Crippen LogP contribution in [0.4, 0.5) is 5.69 Å². The minimum atomic E-state index is -0.193. The van der Waals surface area contributed by atoms with Crippen LogP contribution >= 0.6 is 0 Å². The summed E-state index contributed by atoms with van der Waals surface area (Å²) in [6, 6.07) is 25.7. The molecule has 1 amide bonds. The molecule has 6 nitrogen and oxygen atoms in total. The summed E-state index contributed by atoms with van der Waals surface area (Å²) in [6.07, 6.45) is 3.31. The van der Waals surface area contributed by atoms with Gasteiger partial charge in [0.05, 0.1) is 12.3 Å². The number of rotatable bonds is 8. The molecule has 0 fully saturated rings. The molecule has 4 aromatic rings. The highest BCUT2D eigenvalue weighted by molar-refractivity contribution is 6.01. The summed E-state index contributed by atoms with van der Waals surface area (Å²) < 4.78 is 7.55. The number of carbonyl (C=O) groups excluding carboxylic acids is 1. The average Bonchev–Trinajstić information content (AvgIpc) is 3.27. The van der Waals surface area contributed by atoms with Crippen LogP contribution in [0.15, 0.2) is 84.9 Å². The molecule has 0 atom stereocenters. The van der Waals surface area contributed by atoms with Gasteiger partial charge in [0.25, 0.3) is 0 Å². The molecule has 3 aromatic carbocycles. The van der Waals surface area contributed by atoms with Crippen molar-refractivity contribution >= 4 is 17.7 Å². The number of nitrogens with zero attached hydrogens (tertiary/aromatic N) is 3. The van der Waals surface area contributed by atoms with Gasteiger partial charge in [-0.25, -0.2) is 4.68 Å². The average molecular weight is 453 g/mol. The Hall–Kier alpha value is -4.19. The molecule has 34 heavy (non-hydrogen) atoms. The smallest absolute Gasteiger partial charge is 0.336 e. The first-order valence-electron chi connectivity index (χ1n) is 11.3. The number of amides is 1. The molecule has 0 aliphatic rings. The van der Waals surface area contributed by atoms with Gasteiger partial charge in [-0.15, -0.1) is 5.10 Å². The summed E-state index contributed by atoms with van der Waals surface area (Å²) in [5, 5.41) is 7.48. The SMILES string of the molecule is Cc1ccc(-c2nc(OCC(C)C)nn2-c2ccc(NC(=O)C=Cc3ccccc3)cc2)cc1. The van der Waals surface area contributed by atoms with Gasteiger partial charge in [0.1, 0.15) is 0 Å². The summed E-state index contributed by atoms with van der Waals surface area (Å²) in [4.78, 5) is 16.9. The van der Waals surface area contributed by atoms with Gasteiger partial charge in [-0.05, 0) is 48.7 Å². The summed E-state index contributed by atoms with van der Waals surface area (Å²) >= 11 is 0. The molecule has 1 heterocycles. The Balaban J connectivity index is 1.54. The van der Waals surface area contributed by atoms with Crippen LogP contribution in [0, 0.1) is 12.8 Å². The Morgan fingerprint density at radius 2 is 1.71 bits per heavy atom. The van der Waals surface area contributed by atoms with E-state index >= 15 is 0 Å². The largest absolute Gasteiger partial charge is 0.462 e. The number of nitrogens with one attached hydrogen (secondary N) is 1. The highest BCUT2D eigenvalue weighted by Crippen LogP contribution is 2.25.